The van der Waals surface area contributed by atoms with Crippen molar-refractivity contribution in [2.45, 2.75) is 6.92 Å². The monoisotopic (exact) mass is 150 g/mol. The van der Waals surface area contributed by atoms with E-state index in [9.17, 15) is 4.39 Å². The van der Waals surface area contributed by atoms with Crippen LogP contribution in [-0.4, -0.2) is 9.97 Å². The van der Waals surface area contributed by atoms with Gasteiger partial charge >= 0.3 is 0 Å². The smallest absolute Gasteiger partial charge is 0.151 e. The molecule has 2 rings (SSSR count). The number of hydrogen-bond donors (Lipinski definition) is 1. The zero-order valence-corrected chi connectivity index (χ0v) is 6.06. The van der Waals surface area contributed by atoms with Gasteiger partial charge in [0.1, 0.15) is 5.52 Å². The average Bonchev–Trinajstić information content (AvgIpc) is 2.45. The molecule has 0 unspecified atom stereocenters. The highest BCUT2D eigenvalue weighted by atomic mass is 19.1. The SMILES string of the molecule is Cc1ccc(F)c2nc[nH]c12. The lowest BCUT2D eigenvalue weighted by atomic mass is 10.2. The number of rotatable bonds is 0. The van der Waals surface area contributed by atoms with E-state index in [-0.39, 0.29) is 5.82 Å². The highest BCUT2D eigenvalue weighted by Crippen LogP contribution is 2.16. The minimum atomic E-state index is -0.271. The largest absolute Gasteiger partial charge is 0.344 e. The van der Waals surface area contributed by atoms with Crippen molar-refractivity contribution >= 4 is 11.0 Å². The first-order valence-corrected chi connectivity index (χ1v) is 3.37. The van der Waals surface area contributed by atoms with Gasteiger partial charge < -0.3 is 4.98 Å². The number of imidazole rings is 1. The van der Waals surface area contributed by atoms with Crippen molar-refractivity contribution < 1.29 is 4.39 Å². The van der Waals surface area contributed by atoms with Gasteiger partial charge in [0.2, 0.25) is 0 Å². The Hall–Kier alpha value is -1.38. The molecule has 0 saturated heterocycles. The van der Waals surface area contributed by atoms with E-state index in [1.807, 2.05) is 6.92 Å². The molecule has 0 saturated carbocycles. The van der Waals surface area contributed by atoms with Crippen LogP contribution in [0.5, 0.6) is 0 Å². The van der Waals surface area contributed by atoms with Gasteiger partial charge in [-0.15, -0.1) is 0 Å². The van der Waals surface area contributed by atoms with E-state index in [0.29, 0.717) is 5.52 Å². The number of hydrogen-bond acceptors (Lipinski definition) is 1. The molecule has 0 aliphatic rings. The van der Waals surface area contributed by atoms with Crippen molar-refractivity contribution in [2.24, 2.45) is 0 Å². The van der Waals surface area contributed by atoms with Crippen molar-refractivity contribution in [3.8, 4) is 0 Å². The van der Waals surface area contributed by atoms with E-state index in [4.69, 9.17) is 0 Å². The summed E-state index contributed by atoms with van der Waals surface area (Å²) < 4.78 is 12.9. The Morgan fingerprint density at radius 1 is 1.45 bits per heavy atom. The second-order valence-corrected chi connectivity index (χ2v) is 2.49. The molecule has 11 heavy (non-hydrogen) atoms. The number of aryl methyl sites for hydroxylation is 1. The summed E-state index contributed by atoms with van der Waals surface area (Å²) in [6.45, 7) is 1.92. The number of aromatic amines is 1. The minimum absolute atomic E-state index is 0.271. The van der Waals surface area contributed by atoms with Crippen LogP contribution in [0.1, 0.15) is 5.56 Å². The predicted molar refractivity (Wildman–Crippen MR) is 40.8 cm³/mol. The van der Waals surface area contributed by atoms with Crippen LogP contribution in [0.15, 0.2) is 18.5 Å². The molecule has 2 aromatic rings. The molecule has 0 spiro atoms. The highest BCUT2D eigenvalue weighted by molar-refractivity contribution is 5.78. The van der Waals surface area contributed by atoms with Gasteiger partial charge in [-0.05, 0) is 18.6 Å². The molecule has 0 radical (unpaired) electrons. The number of fused-ring (bicyclic) bond motifs is 1. The molecule has 1 heterocycles. The first-order valence-electron chi connectivity index (χ1n) is 3.37. The first kappa shape index (κ1) is 6.34. The number of H-pyrrole nitrogens is 1. The summed E-state index contributed by atoms with van der Waals surface area (Å²) in [6.07, 6.45) is 1.50. The third-order valence-electron chi connectivity index (χ3n) is 1.74. The Morgan fingerprint density at radius 2 is 2.27 bits per heavy atom. The normalized spacial score (nSPS) is 10.7. The fourth-order valence-electron chi connectivity index (χ4n) is 1.14. The minimum Gasteiger partial charge on any atom is -0.344 e. The maximum atomic E-state index is 12.9. The molecular formula is C8H7FN2. The van der Waals surface area contributed by atoms with E-state index in [1.54, 1.807) is 6.07 Å². The van der Waals surface area contributed by atoms with Crippen LogP contribution in [0.4, 0.5) is 4.39 Å². The molecule has 1 N–H and O–H groups in total. The third kappa shape index (κ3) is 0.808. The van der Waals surface area contributed by atoms with Crippen molar-refractivity contribution in [2.75, 3.05) is 0 Å². The summed E-state index contributed by atoms with van der Waals surface area (Å²) in [5, 5.41) is 0. The number of nitrogens with one attached hydrogen (secondary N) is 1. The zero-order valence-electron chi connectivity index (χ0n) is 6.06. The first-order chi connectivity index (χ1) is 5.29. The quantitative estimate of drug-likeness (QED) is 0.611. The standard InChI is InChI=1S/C8H7FN2/c1-5-2-3-6(9)8-7(5)10-4-11-8/h2-4H,1H3,(H,10,11). The lowest BCUT2D eigenvalue weighted by Crippen LogP contribution is -1.80. The second-order valence-electron chi connectivity index (χ2n) is 2.49. The van der Waals surface area contributed by atoms with Crippen LogP contribution in [0.3, 0.4) is 0 Å². The number of halogens is 1. The van der Waals surface area contributed by atoms with Crippen LogP contribution in [0.25, 0.3) is 11.0 Å². The van der Waals surface area contributed by atoms with Gasteiger partial charge in [0, 0.05) is 0 Å². The van der Waals surface area contributed by atoms with E-state index in [1.165, 1.54) is 12.4 Å². The summed E-state index contributed by atoms with van der Waals surface area (Å²) >= 11 is 0. The Labute approximate surface area is 63.1 Å². The van der Waals surface area contributed by atoms with Crippen LogP contribution in [-0.2, 0) is 0 Å². The van der Waals surface area contributed by atoms with E-state index in [2.05, 4.69) is 9.97 Å². The third-order valence-corrected chi connectivity index (χ3v) is 1.74. The Bertz CT molecular complexity index is 356. The van der Waals surface area contributed by atoms with Gasteiger partial charge in [0.25, 0.3) is 0 Å². The highest BCUT2D eigenvalue weighted by Gasteiger charge is 2.03. The van der Waals surface area contributed by atoms with E-state index < -0.39 is 0 Å². The van der Waals surface area contributed by atoms with Crippen LogP contribution >= 0.6 is 0 Å². The molecule has 0 bridgehead atoms. The molecule has 2 nitrogen and oxygen atoms in total. The maximum Gasteiger partial charge on any atom is 0.151 e. The average molecular weight is 150 g/mol. The van der Waals surface area contributed by atoms with E-state index in [0.717, 1.165) is 11.1 Å². The molecule has 0 atom stereocenters. The molecule has 1 aromatic heterocycles. The molecular weight excluding hydrogens is 143 g/mol. The summed E-state index contributed by atoms with van der Waals surface area (Å²) in [5.74, 6) is -0.271. The van der Waals surface area contributed by atoms with E-state index >= 15 is 0 Å². The van der Waals surface area contributed by atoms with Crippen LogP contribution in [0.2, 0.25) is 0 Å². The van der Waals surface area contributed by atoms with Crippen molar-refractivity contribution in [1.82, 2.24) is 9.97 Å². The van der Waals surface area contributed by atoms with Gasteiger partial charge in [-0.3, -0.25) is 0 Å². The van der Waals surface area contributed by atoms with Gasteiger partial charge in [0.05, 0.1) is 11.8 Å². The second kappa shape index (κ2) is 2.05. The summed E-state index contributed by atoms with van der Waals surface area (Å²) in [4.78, 5) is 6.73. The molecule has 56 valence electrons. The molecule has 0 amide bonds. The van der Waals surface area contributed by atoms with Crippen LogP contribution < -0.4 is 0 Å². The Morgan fingerprint density at radius 3 is 3.00 bits per heavy atom. The number of benzene rings is 1. The molecule has 0 aliphatic heterocycles. The Balaban J connectivity index is 2.96. The number of aromatic nitrogens is 2. The van der Waals surface area contributed by atoms with Crippen LogP contribution in [0, 0.1) is 12.7 Å². The molecule has 3 heteroatoms. The van der Waals surface area contributed by atoms with Gasteiger partial charge in [0.15, 0.2) is 5.82 Å². The molecule has 0 aliphatic carbocycles. The van der Waals surface area contributed by atoms with Crippen molar-refractivity contribution in [3.63, 3.8) is 0 Å². The van der Waals surface area contributed by atoms with Gasteiger partial charge in [-0.2, -0.15) is 0 Å². The van der Waals surface area contributed by atoms with Crippen molar-refractivity contribution in [3.05, 3.63) is 29.8 Å². The maximum absolute atomic E-state index is 12.9. The lowest BCUT2D eigenvalue weighted by molar-refractivity contribution is 0.637. The lowest BCUT2D eigenvalue weighted by Gasteiger charge is -1.93. The fraction of sp³-hybridized carbons (Fsp3) is 0.125. The fourth-order valence-corrected chi connectivity index (χ4v) is 1.14. The summed E-state index contributed by atoms with van der Waals surface area (Å²) in [6, 6.07) is 3.16. The topological polar surface area (TPSA) is 28.7 Å². The molecule has 0 fully saturated rings. The van der Waals surface area contributed by atoms with Gasteiger partial charge in [-0.25, -0.2) is 9.37 Å². The number of nitrogens with zero attached hydrogens (tertiary/aromatic N) is 1. The Kier molecular flexibility index (Phi) is 1.18. The summed E-state index contributed by atoms with van der Waals surface area (Å²) in [5.41, 5.74) is 2.22. The van der Waals surface area contributed by atoms with Gasteiger partial charge in [-0.1, -0.05) is 6.07 Å². The zero-order chi connectivity index (χ0) is 7.84. The summed E-state index contributed by atoms with van der Waals surface area (Å²) in [7, 11) is 0. The van der Waals surface area contributed by atoms with Crippen molar-refractivity contribution in [1.29, 1.82) is 0 Å². The predicted octanol–water partition coefficient (Wildman–Crippen LogP) is 2.01. The molecule has 1 aromatic carbocycles.